The number of nitrogens with one attached hydrogen (secondary N) is 1. The van der Waals surface area contributed by atoms with Crippen LogP contribution in [0.2, 0.25) is 0 Å². The molecule has 0 bridgehead atoms. The molecule has 0 saturated carbocycles. The predicted molar refractivity (Wildman–Crippen MR) is 88.4 cm³/mol. The van der Waals surface area contributed by atoms with Gasteiger partial charge in [0.15, 0.2) is 5.78 Å². The van der Waals surface area contributed by atoms with Crippen molar-refractivity contribution in [3.63, 3.8) is 0 Å². The van der Waals surface area contributed by atoms with Gasteiger partial charge in [-0.25, -0.2) is 0 Å². The molecule has 114 valence electrons. The molecule has 4 rings (SSSR count). The summed E-state index contributed by atoms with van der Waals surface area (Å²) in [6.07, 6.45) is 0.355. The molecule has 0 fully saturated rings. The number of amides is 1. The number of H-pyrrole nitrogens is 1. The van der Waals surface area contributed by atoms with E-state index in [4.69, 9.17) is 0 Å². The first-order chi connectivity index (χ1) is 11.2. The Labute approximate surface area is 133 Å². The number of carbonyl (C=O) groups excluding carboxylic acids is 2. The second-order valence-corrected chi connectivity index (χ2v) is 5.81. The summed E-state index contributed by atoms with van der Waals surface area (Å²) in [4.78, 5) is 30.3. The normalized spacial score (nSPS) is 14.9. The van der Waals surface area contributed by atoms with Crippen LogP contribution in [0.4, 0.5) is 0 Å². The summed E-state index contributed by atoms with van der Waals surface area (Å²) < 4.78 is 0. The fourth-order valence-corrected chi connectivity index (χ4v) is 3.17. The molecule has 1 aliphatic rings. The molecular weight excluding hydrogens is 288 g/mol. The first kappa shape index (κ1) is 13.8. The molecule has 1 aromatic heterocycles. The highest BCUT2D eigenvalue weighted by atomic mass is 16.2. The van der Waals surface area contributed by atoms with Crippen molar-refractivity contribution >= 4 is 22.6 Å². The maximum Gasteiger partial charge on any atom is 0.271 e. The maximum absolute atomic E-state index is 12.9. The van der Waals surface area contributed by atoms with Crippen LogP contribution in [-0.2, 0) is 6.54 Å². The van der Waals surface area contributed by atoms with Crippen LogP contribution in [0, 0.1) is 0 Å². The lowest BCUT2D eigenvalue weighted by Crippen LogP contribution is -2.30. The predicted octanol–water partition coefficient (Wildman–Crippen LogP) is 3.40. The molecule has 1 aliphatic heterocycles. The minimum Gasteiger partial charge on any atom is -0.350 e. The maximum atomic E-state index is 12.9. The number of nitrogens with zero attached hydrogens (tertiary/aromatic N) is 1. The number of para-hydroxylation sites is 1. The van der Waals surface area contributed by atoms with Gasteiger partial charge in [-0.15, -0.1) is 0 Å². The number of rotatable bonds is 2. The van der Waals surface area contributed by atoms with Gasteiger partial charge in [0.2, 0.25) is 0 Å². The molecule has 1 amide bonds. The van der Waals surface area contributed by atoms with Gasteiger partial charge in [0.05, 0.1) is 5.56 Å². The lowest BCUT2D eigenvalue weighted by atomic mass is 10.1. The van der Waals surface area contributed by atoms with E-state index in [-0.39, 0.29) is 11.7 Å². The van der Waals surface area contributed by atoms with Crippen molar-refractivity contribution in [1.29, 1.82) is 0 Å². The first-order valence-electron chi connectivity index (χ1n) is 7.71. The number of hydrogen-bond donors (Lipinski definition) is 1. The molecule has 2 aromatic carbocycles. The van der Waals surface area contributed by atoms with Crippen molar-refractivity contribution in [2.75, 3.05) is 6.54 Å². The van der Waals surface area contributed by atoms with E-state index in [2.05, 4.69) is 4.98 Å². The standard InChI is InChI=1S/C19H16N2O2/c22-16-10-11-21(12-13-6-2-1-3-7-13)19(23)18-17(16)14-8-4-5-9-15(14)20-18/h1-9,20H,10-12H2. The topological polar surface area (TPSA) is 53.2 Å². The van der Waals surface area contributed by atoms with E-state index in [9.17, 15) is 9.59 Å². The zero-order valence-electron chi connectivity index (χ0n) is 12.6. The van der Waals surface area contributed by atoms with E-state index in [1.165, 1.54) is 0 Å². The lowest BCUT2D eigenvalue weighted by Gasteiger charge is -2.20. The number of fused-ring (bicyclic) bond motifs is 3. The van der Waals surface area contributed by atoms with E-state index < -0.39 is 0 Å². The molecule has 4 nitrogen and oxygen atoms in total. The van der Waals surface area contributed by atoms with Crippen LogP contribution in [0.5, 0.6) is 0 Å². The van der Waals surface area contributed by atoms with Crippen LogP contribution in [0.15, 0.2) is 54.6 Å². The summed E-state index contributed by atoms with van der Waals surface area (Å²) in [5.74, 6) is -0.0766. The highest BCUT2D eigenvalue weighted by Gasteiger charge is 2.30. The van der Waals surface area contributed by atoms with Gasteiger partial charge in [0.25, 0.3) is 5.91 Å². The van der Waals surface area contributed by atoms with E-state index in [1.807, 2.05) is 54.6 Å². The average Bonchev–Trinajstić information content (AvgIpc) is 2.93. The van der Waals surface area contributed by atoms with Crippen molar-refractivity contribution in [3.8, 4) is 0 Å². The molecule has 0 spiro atoms. The lowest BCUT2D eigenvalue weighted by molar-refractivity contribution is 0.0741. The molecular formula is C19H16N2O2. The molecule has 1 N–H and O–H groups in total. The molecule has 4 heteroatoms. The molecule has 0 radical (unpaired) electrons. The summed E-state index contributed by atoms with van der Waals surface area (Å²) in [6.45, 7) is 0.963. The summed E-state index contributed by atoms with van der Waals surface area (Å²) in [7, 11) is 0. The monoisotopic (exact) mass is 304 g/mol. The van der Waals surface area contributed by atoms with Crippen LogP contribution >= 0.6 is 0 Å². The molecule has 0 aliphatic carbocycles. The number of Topliss-reactive ketones (excluding diaryl/α,β-unsaturated/α-hetero) is 1. The smallest absolute Gasteiger partial charge is 0.271 e. The fraction of sp³-hybridized carbons (Fsp3) is 0.158. The first-order valence-corrected chi connectivity index (χ1v) is 7.71. The molecule has 23 heavy (non-hydrogen) atoms. The number of benzene rings is 2. The zero-order valence-corrected chi connectivity index (χ0v) is 12.6. The number of hydrogen-bond acceptors (Lipinski definition) is 2. The van der Waals surface area contributed by atoms with Gasteiger partial charge < -0.3 is 9.88 Å². The van der Waals surface area contributed by atoms with Crippen LogP contribution in [0.1, 0.15) is 32.8 Å². The van der Waals surface area contributed by atoms with Gasteiger partial charge >= 0.3 is 0 Å². The quantitative estimate of drug-likeness (QED) is 0.789. The highest BCUT2D eigenvalue weighted by molar-refractivity contribution is 6.17. The second kappa shape index (κ2) is 5.39. The van der Waals surface area contributed by atoms with Crippen LogP contribution < -0.4 is 0 Å². The third-order valence-electron chi connectivity index (χ3n) is 4.31. The minimum atomic E-state index is -0.106. The van der Waals surface area contributed by atoms with Gasteiger partial charge in [-0.1, -0.05) is 48.5 Å². The largest absolute Gasteiger partial charge is 0.350 e. The summed E-state index contributed by atoms with van der Waals surface area (Å²) in [6, 6.07) is 17.4. The van der Waals surface area contributed by atoms with E-state index >= 15 is 0 Å². The second-order valence-electron chi connectivity index (χ2n) is 5.81. The number of carbonyl (C=O) groups is 2. The van der Waals surface area contributed by atoms with Crippen LogP contribution in [-0.4, -0.2) is 28.1 Å². The average molecular weight is 304 g/mol. The Hall–Kier alpha value is -2.88. The van der Waals surface area contributed by atoms with Gasteiger partial charge in [0, 0.05) is 30.4 Å². The van der Waals surface area contributed by atoms with Crippen LogP contribution in [0.25, 0.3) is 10.9 Å². The summed E-state index contributed by atoms with van der Waals surface area (Å²) in [5, 5.41) is 0.836. The van der Waals surface area contributed by atoms with Crippen LogP contribution in [0.3, 0.4) is 0 Å². The van der Waals surface area contributed by atoms with E-state index in [0.29, 0.717) is 30.8 Å². The summed E-state index contributed by atoms with van der Waals surface area (Å²) in [5.41, 5.74) is 2.86. The van der Waals surface area contributed by atoms with Crippen molar-refractivity contribution in [3.05, 3.63) is 71.4 Å². The van der Waals surface area contributed by atoms with Gasteiger partial charge in [-0.3, -0.25) is 9.59 Å². The number of aromatic nitrogens is 1. The molecule has 0 saturated heterocycles. The van der Waals surface area contributed by atoms with E-state index in [1.54, 1.807) is 4.90 Å². The zero-order chi connectivity index (χ0) is 15.8. The Morgan fingerprint density at radius 3 is 2.52 bits per heavy atom. The van der Waals surface area contributed by atoms with Crippen molar-refractivity contribution in [1.82, 2.24) is 9.88 Å². The molecule has 2 heterocycles. The van der Waals surface area contributed by atoms with Gasteiger partial charge in [0.1, 0.15) is 5.69 Å². The van der Waals surface area contributed by atoms with Crippen molar-refractivity contribution in [2.24, 2.45) is 0 Å². The number of ketones is 1. The molecule has 0 unspecified atom stereocenters. The Morgan fingerprint density at radius 1 is 0.957 bits per heavy atom. The van der Waals surface area contributed by atoms with Gasteiger partial charge in [-0.2, -0.15) is 0 Å². The van der Waals surface area contributed by atoms with E-state index in [0.717, 1.165) is 16.5 Å². The third-order valence-corrected chi connectivity index (χ3v) is 4.31. The Morgan fingerprint density at radius 2 is 1.70 bits per heavy atom. The van der Waals surface area contributed by atoms with Crippen molar-refractivity contribution in [2.45, 2.75) is 13.0 Å². The SMILES string of the molecule is O=C1CCN(Cc2ccccc2)C(=O)c2[nH]c3ccccc3c21. The number of aromatic amines is 1. The highest BCUT2D eigenvalue weighted by Crippen LogP contribution is 2.27. The Bertz CT molecular complexity index is 896. The van der Waals surface area contributed by atoms with Crippen molar-refractivity contribution < 1.29 is 9.59 Å². The summed E-state index contributed by atoms with van der Waals surface area (Å²) >= 11 is 0. The fourth-order valence-electron chi connectivity index (χ4n) is 3.17. The third kappa shape index (κ3) is 2.32. The molecule has 0 atom stereocenters. The minimum absolute atomic E-state index is 0.0290. The molecule has 3 aromatic rings. The Balaban J connectivity index is 1.77. The van der Waals surface area contributed by atoms with Gasteiger partial charge in [-0.05, 0) is 11.6 Å². The Kier molecular flexibility index (Phi) is 3.23.